The zero-order valence-corrected chi connectivity index (χ0v) is 14.6. The highest BCUT2D eigenvalue weighted by Gasteiger charge is 1.95. The fourth-order valence-electron chi connectivity index (χ4n) is 1.19. The van der Waals surface area contributed by atoms with Crippen LogP contribution in [0.15, 0.2) is 0 Å². The summed E-state index contributed by atoms with van der Waals surface area (Å²) < 4.78 is 1.59. The summed E-state index contributed by atoms with van der Waals surface area (Å²) in [6, 6.07) is 0.275. The molecule has 0 saturated heterocycles. The molecule has 0 aliphatic rings. The van der Waals surface area contributed by atoms with E-state index in [0.29, 0.717) is 5.95 Å². The van der Waals surface area contributed by atoms with Crippen LogP contribution in [0.1, 0.15) is 41.5 Å². The third-order valence-corrected chi connectivity index (χ3v) is 1.87. The van der Waals surface area contributed by atoms with Crippen molar-refractivity contribution in [3.05, 3.63) is 0 Å². The lowest BCUT2D eigenvalue weighted by Crippen LogP contribution is -2.27. The standard InChI is InChI=1S/C5H11NO.C4H9N5.C4H9NO/c1-4(2)6-5(3)7;1-3-5-4-6-7-8-9(4)2;1-3-5-4(2)6/h4H,1-3H3,(H,6,7);3H2,1-2H3,(H,5,6,8);3H2,1-2H3,(H,5,6). The lowest BCUT2D eigenvalue weighted by molar-refractivity contribution is -0.120. The van der Waals surface area contributed by atoms with Crippen molar-refractivity contribution in [2.45, 2.75) is 47.6 Å². The molecule has 0 aromatic carbocycles. The zero-order valence-electron chi connectivity index (χ0n) is 14.6. The number of nitrogens with zero attached hydrogens (tertiary/aromatic N) is 4. The number of aromatic nitrogens is 4. The predicted octanol–water partition coefficient (Wildman–Crippen LogP) is 0.315. The molecule has 3 N–H and O–H groups in total. The lowest BCUT2D eigenvalue weighted by Gasteiger charge is -2.02. The van der Waals surface area contributed by atoms with Crippen LogP contribution in [-0.4, -0.2) is 51.2 Å². The minimum absolute atomic E-state index is 0.0370. The fourth-order valence-corrected chi connectivity index (χ4v) is 1.19. The molecule has 1 aromatic heterocycles. The Hall–Kier alpha value is -2.19. The van der Waals surface area contributed by atoms with Crippen LogP contribution in [0.3, 0.4) is 0 Å². The number of hydrogen-bond donors (Lipinski definition) is 3. The van der Waals surface area contributed by atoms with Crippen LogP contribution in [-0.2, 0) is 16.6 Å². The molecule has 0 aliphatic heterocycles. The number of rotatable bonds is 4. The third kappa shape index (κ3) is 15.9. The first-order valence-electron chi connectivity index (χ1n) is 7.22. The van der Waals surface area contributed by atoms with Crippen LogP contribution in [0, 0.1) is 0 Å². The molecule has 1 heterocycles. The monoisotopic (exact) mass is 315 g/mol. The first-order valence-corrected chi connectivity index (χ1v) is 7.22. The molecule has 0 saturated carbocycles. The van der Waals surface area contributed by atoms with Crippen molar-refractivity contribution in [1.82, 2.24) is 30.8 Å². The number of hydrogen-bond acceptors (Lipinski definition) is 6. The zero-order chi connectivity index (χ0) is 17.5. The Kier molecular flexibility index (Phi) is 13.8. The normalized spacial score (nSPS) is 8.91. The summed E-state index contributed by atoms with van der Waals surface area (Å²) in [6.45, 7) is 12.3. The molecule has 0 bridgehead atoms. The molecule has 0 unspecified atom stereocenters. The number of anilines is 1. The smallest absolute Gasteiger partial charge is 0.242 e. The quantitative estimate of drug-likeness (QED) is 0.737. The van der Waals surface area contributed by atoms with Crippen molar-refractivity contribution in [3.8, 4) is 0 Å². The van der Waals surface area contributed by atoms with Crippen LogP contribution in [0.25, 0.3) is 0 Å². The minimum atomic E-state index is 0.0370. The van der Waals surface area contributed by atoms with Crippen molar-refractivity contribution < 1.29 is 9.59 Å². The van der Waals surface area contributed by atoms with Crippen molar-refractivity contribution >= 4 is 17.8 Å². The molecule has 1 rings (SSSR count). The molecule has 9 heteroatoms. The Morgan fingerprint density at radius 3 is 1.91 bits per heavy atom. The second-order valence-corrected chi connectivity index (χ2v) is 4.60. The first kappa shape index (κ1) is 22.1. The Morgan fingerprint density at radius 2 is 1.73 bits per heavy atom. The Bertz CT molecular complexity index is 418. The molecule has 128 valence electrons. The van der Waals surface area contributed by atoms with E-state index >= 15 is 0 Å². The van der Waals surface area contributed by atoms with Gasteiger partial charge in [-0.15, -0.1) is 0 Å². The van der Waals surface area contributed by atoms with E-state index in [4.69, 9.17) is 0 Å². The van der Waals surface area contributed by atoms with Gasteiger partial charge in [0.1, 0.15) is 0 Å². The molecular formula is C13H29N7O2. The molecule has 9 nitrogen and oxygen atoms in total. The molecule has 0 spiro atoms. The average Bonchev–Trinajstić information content (AvgIpc) is 2.75. The van der Waals surface area contributed by atoms with E-state index in [-0.39, 0.29) is 17.9 Å². The van der Waals surface area contributed by atoms with Crippen molar-refractivity contribution in [2.24, 2.45) is 7.05 Å². The van der Waals surface area contributed by atoms with Crippen LogP contribution >= 0.6 is 0 Å². The number of amides is 2. The second kappa shape index (κ2) is 13.8. The molecule has 1 aromatic rings. The van der Waals surface area contributed by atoms with E-state index in [2.05, 4.69) is 31.5 Å². The van der Waals surface area contributed by atoms with Crippen molar-refractivity contribution in [3.63, 3.8) is 0 Å². The van der Waals surface area contributed by atoms with Crippen LogP contribution in [0.2, 0.25) is 0 Å². The topological polar surface area (TPSA) is 114 Å². The minimum Gasteiger partial charge on any atom is -0.357 e. The van der Waals surface area contributed by atoms with E-state index in [1.165, 1.54) is 13.8 Å². The second-order valence-electron chi connectivity index (χ2n) is 4.60. The molecule has 2 amide bonds. The summed E-state index contributed by atoms with van der Waals surface area (Å²) in [5.74, 6) is 0.782. The molecule has 0 radical (unpaired) electrons. The van der Waals surface area contributed by atoms with Crippen LogP contribution in [0.4, 0.5) is 5.95 Å². The highest BCUT2D eigenvalue weighted by Crippen LogP contribution is 1.92. The van der Waals surface area contributed by atoms with Gasteiger partial charge in [-0.3, -0.25) is 9.59 Å². The van der Waals surface area contributed by atoms with Gasteiger partial charge in [-0.1, -0.05) is 5.10 Å². The Balaban J connectivity index is 0. The van der Waals surface area contributed by atoms with Crippen LogP contribution in [0.5, 0.6) is 0 Å². The Labute approximate surface area is 132 Å². The lowest BCUT2D eigenvalue weighted by atomic mass is 10.4. The highest BCUT2D eigenvalue weighted by atomic mass is 16.2. The van der Waals surface area contributed by atoms with Gasteiger partial charge in [0.25, 0.3) is 0 Å². The maximum Gasteiger partial charge on any atom is 0.242 e. The molecule has 0 fully saturated rings. The van der Waals surface area contributed by atoms with Gasteiger partial charge in [0.05, 0.1) is 0 Å². The third-order valence-electron chi connectivity index (χ3n) is 1.87. The first-order chi connectivity index (χ1) is 10.2. The van der Waals surface area contributed by atoms with E-state index in [0.717, 1.165) is 13.1 Å². The van der Waals surface area contributed by atoms with E-state index in [1.54, 1.807) is 11.7 Å². The summed E-state index contributed by atoms with van der Waals surface area (Å²) >= 11 is 0. The highest BCUT2D eigenvalue weighted by molar-refractivity contribution is 5.73. The van der Waals surface area contributed by atoms with Gasteiger partial charge in [0, 0.05) is 40.0 Å². The predicted molar refractivity (Wildman–Crippen MR) is 86.3 cm³/mol. The largest absolute Gasteiger partial charge is 0.357 e. The maximum absolute atomic E-state index is 10.1. The molecular weight excluding hydrogens is 286 g/mol. The fraction of sp³-hybridized carbons (Fsp3) is 0.769. The van der Waals surface area contributed by atoms with E-state index in [1.807, 2.05) is 27.7 Å². The maximum atomic E-state index is 10.1. The van der Waals surface area contributed by atoms with Gasteiger partial charge in [0.15, 0.2) is 0 Å². The van der Waals surface area contributed by atoms with Gasteiger partial charge in [0.2, 0.25) is 17.8 Å². The van der Waals surface area contributed by atoms with Crippen molar-refractivity contribution in [2.75, 3.05) is 18.4 Å². The van der Waals surface area contributed by atoms with E-state index in [9.17, 15) is 9.59 Å². The molecule has 0 atom stereocenters. The number of carbonyl (C=O) groups is 2. The number of carbonyl (C=O) groups excluding carboxylic acids is 2. The Morgan fingerprint density at radius 1 is 1.14 bits per heavy atom. The van der Waals surface area contributed by atoms with E-state index < -0.39 is 0 Å². The molecule has 0 aliphatic carbocycles. The number of nitrogens with one attached hydrogen (secondary N) is 3. The number of tetrazole rings is 1. The summed E-state index contributed by atoms with van der Waals surface area (Å²) in [5.41, 5.74) is 0. The van der Waals surface area contributed by atoms with Gasteiger partial charge in [-0.05, 0) is 38.1 Å². The van der Waals surface area contributed by atoms with Crippen LogP contribution < -0.4 is 16.0 Å². The summed E-state index contributed by atoms with van der Waals surface area (Å²) in [5, 5.41) is 19.0. The van der Waals surface area contributed by atoms with Gasteiger partial charge in [-0.2, -0.15) is 0 Å². The average molecular weight is 315 g/mol. The summed E-state index contributed by atoms with van der Waals surface area (Å²) in [6.07, 6.45) is 0. The number of aryl methyl sites for hydroxylation is 1. The van der Waals surface area contributed by atoms with Gasteiger partial charge >= 0.3 is 0 Å². The van der Waals surface area contributed by atoms with Crippen molar-refractivity contribution in [1.29, 1.82) is 0 Å². The molecule has 22 heavy (non-hydrogen) atoms. The van der Waals surface area contributed by atoms with Gasteiger partial charge in [-0.25, -0.2) is 4.68 Å². The summed E-state index contributed by atoms with van der Waals surface area (Å²) in [7, 11) is 1.79. The van der Waals surface area contributed by atoms with Gasteiger partial charge < -0.3 is 16.0 Å². The summed E-state index contributed by atoms with van der Waals surface area (Å²) in [4.78, 5) is 20.1. The SMILES string of the molecule is CC(=O)NC(C)C.CCNC(C)=O.CCNc1nnnn1C.